The summed E-state index contributed by atoms with van der Waals surface area (Å²) in [5, 5.41) is 3.89. The van der Waals surface area contributed by atoms with Crippen LogP contribution in [-0.4, -0.2) is 30.1 Å². The second kappa shape index (κ2) is 7.39. The zero-order valence-corrected chi connectivity index (χ0v) is 18.1. The summed E-state index contributed by atoms with van der Waals surface area (Å²) >= 11 is 1.39. The molecule has 0 spiro atoms. The molecule has 2 aromatic heterocycles. The Morgan fingerprint density at radius 3 is 2.43 bits per heavy atom. The number of thiophene rings is 1. The summed E-state index contributed by atoms with van der Waals surface area (Å²) in [6.07, 6.45) is 0. The Kier molecular flexibility index (Phi) is 5.30. The van der Waals surface area contributed by atoms with Crippen LogP contribution in [0.4, 0.5) is 5.69 Å². The van der Waals surface area contributed by atoms with Gasteiger partial charge in [-0.3, -0.25) is 4.79 Å². The second-order valence-electron chi connectivity index (χ2n) is 7.64. The van der Waals surface area contributed by atoms with Crippen molar-refractivity contribution in [3.05, 3.63) is 40.2 Å². The monoisotopic (exact) mass is 399 g/mol. The molecule has 0 atom stereocenters. The van der Waals surface area contributed by atoms with Crippen molar-refractivity contribution >= 4 is 33.1 Å². The van der Waals surface area contributed by atoms with Crippen molar-refractivity contribution in [2.75, 3.05) is 19.5 Å². The van der Waals surface area contributed by atoms with Crippen LogP contribution < -0.4 is 14.8 Å². The van der Waals surface area contributed by atoms with Crippen molar-refractivity contribution in [3.63, 3.8) is 0 Å². The number of carbonyl (C=O) groups excluding carboxylic acids is 1. The molecule has 3 rings (SSSR count). The molecule has 1 N–H and O–H groups in total. The Morgan fingerprint density at radius 2 is 1.82 bits per heavy atom. The van der Waals surface area contributed by atoms with Gasteiger partial charge in [0.15, 0.2) is 0 Å². The van der Waals surface area contributed by atoms with E-state index in [0.29, 0.717) is 22.1 Å². The molecule has 2 heterocycles. The quantitative estimate of drug-likeness (QED) is 0.677. The lowest BCUT2D eigenvalue weighted by molar-refractivity contribution is 0.102. The van der Waals surface area contributed by atoms with E-state index in [2.05, 4.69) is 31.1 Å². The molecule has 7 heteroatoms. The Hall–Kier alpha value is -2.67. The van der Waals surface area contributed by atoms with Gasteiger partial charge < -0.3 is 14.8 Å². The highest BCUT2D eigenvalue weighted by molar-refractivity contribution is 7.20. The van der Waals surface area contributed by atoms with E-state index >= 15 is 0 Å². The number of rotatable bonds is 4. The molecule has 0 fully saturated rings. The minimum atomic E-state index is -0.194. The highest BCUT2D eigenvalue weighted by Crippen LogP contribution is 2.35. The van der Waals surface area contributed by atoms with E-state index in [9.17, 15) is 4.79 Å². The molecule has 1 aromatic carbocycles. The number of nitrogens with one attached hydrogen (secondary N) is 1. The Labute approximate surface area is 168 Å². The Balaban J connectivity index is 2.01. The van der Waals surface area contributed by atoms with Gasteiger partial charge >= 0.3 is 0 Å². The Morgan fingerprint density at radius 1 is 1.11 bits per heavy atom. The number of carbonyl (C=O) groups is 1. The van der Waals surface area contributed by atoms with E-state index in [4.69, 9.17) is 14.5 Å². The van der Waals surface area contributed by atoms with Crippen LogP contribution in [0.2, 0.25) is 0 Å². The number of hydrogen-bond donors (Lipinski definition) is 1. The number of aryl methyl sites for hydroxylation is 2. The number of methoxy groups -OCH3 is 2. The average Bonchev–Trinajstić information content (AvgIpc) is 2.98. The minimum Gasteiger partial charge on any atom is -0.497 e. The molecule has 0 aliphatic carbocycles. The predicted octanol–water partition coefficient (Wildman–Crippen LogP) is 4.88. The van der Waals surface area contributed by atoms with Crippen molar-refractivity contribution in [3.8, 4) is 11.5 Å². The summed E-state index contributed by atoms with van der Waals surface area (Å²) in [5.41, 5.74) is 2.21. The number of amides is 1. The van der Waals surface area contributed by atoms with E-state index in [1.807, 2.05) is 13.8 Å². The molecule has 0 aliphatic rings. The highest BCUT2D eigenvalue weighted by Gasteiger charge is 2.24. The third-order valence-electron chi connectivity index (χ3n) is 4.50. The number of ether oxygens (including phenoxy) is 2. The van der Waals surface area contributed by atoms with Crippen molar-refractivity contribution in [1.29, 1.82) is 0 Å². The third-order valence-corrected chi connectivity index (χ3v) is 5.69. The molecule has 1 amide bonds. The van der Waals surface area contributed by atoms with Gasteiger partial charge in [-0.15, -0.1) is 11.3 Å². The zero-order chi connectivity index (χ0) is 20.6. The molecule has 0 unspecified atom stereocenters. The van der Waals surface area contributed by atoms with Gasteiger partial charge in [-0.1, -0.05) is 20.8 Å². The standard InChI is InChI=1S/C21H25N3O3S/c1-11-16-12(2)22-20(21(3,4)5)24-19(16)28-17(11)18(25)23-14-9-8-13(26-6)10-15(14)27-7/h8-10H,1-7H3,(H,23,25). The zero-order valence-electron chi connectivity index (χ0n) is 17.3. The van der Waals surface area contributed by atoms with Gasteiger partial charge in [-0.2, -0.15) is 0 Å². The SMILES string of the molecule is COc1ccc(NC(=O)c2sc3nc(C(C)(C)C)nc(C)c3c2C)c(OC)c1. The molecule has 0 bridgehead atoms. The van der Waals surface area contributed by atoms with Crippen LogP contribution in [0.15, 0.2) is 18.2 Å². The topological polar surface area (TPSA) is 73.3 Å². The van der Waals surface area contributed by atoms with Gasteiger partial charge in [0.2, 0.25) is 0 Å². The maximum absolute atomic E-state index is 13.0. The van der Waals surface area contributed by atoms with Crippen molar-refractivity contribution in [2.45, 2.75) is 40.0 Å². The molecular weight excluding hydrogens is 374 g/mol. The fraction of sp³-hybridized carbons (Fsp3) is 0.381. The normalized spacial score (nSPS) is 11.5. The number of benzene rings is 1. The fourth-order valence-electron chi connectivity index (χ4n) is 2.97. The number of nitrogens with zero attached hydrogens (tertiary/aromatic N) is 2. The van der Waals surface area contributed by atoms with Gasteiger partial charge in [-0.05, 0) is 31.5 Å². The summed E-state index contributed by atoms with van der Waals surface area (Å²) in [6, 6.07) is 5.28. The lowest BCUT2D eigenvalue weighted by atomic mass is 9.95. The molecule has 6 nitrogen and oxygen atoms in total. The lowest BCUT2D eigenvalue weighted by Crippen LogP contribution is -2.16. The molecule has 0 radical (unpaired) electrons. The van der Waals surface area contributed by atoms with Gasteiger partial charge in [0, 0.05) is 16.9 Å². The summed E-state index contributed by atoms with van der Waals surface area (Å²) in [5.74, 6) is 1.79. The number of hydrogen-bond acceptors (Lipinski definition) is 6. The van der Waals surface area contributed by atoms with Crippen LogP contribution in [0.3, 0.4) is 0 Å². The fourth-order valence-corrected chi connectivity index (χ4v) is 4.10. The predicted molar refractivity (Wildman–Crippen MR) is 113 cm³/mol. The van der Waals surface area contributed by atoms with Gasteiger partial charge in [0.25, 0.3) is 5.91 Å². The van der Waals surface area contributed by atoms with Crippen LogP contribution in [0, 0.1) is 13.8 Å². The van der Waals surface area contributed by atoms with E-state index in [0.717, 1.165) is 27.3 Å². The largest absolute Gasteiger partial charge is 0.497 e. The first-order chi connectivity index (χ1) is 13.2. The molecule has 28 heavy (non-hydrogen) atoms. The minimum absolute atomic E-state index is 0.157. The van der Waals surface area contributed by atoms with Crippen molar-refractivity contribution in [2.24, 2.45) is 0 Å². The first-order valence-corrected chi connectivity index (χ1v) is 9.79. The molecule has 148 valence electrons. The van der Waals surface area contributed by atoms with E-state index in [1.165, 1.54) is 11.3 Å². The van der Waals surface area contributed by atoms with Crippen molar-refractivity contribution < 1.29 is 14.3 Å². The number of aromatic nitrogens is 2. The first kappa shape index (κ1) is 20.1. The molecule has 3 aromatic rings. The van der Waals surface area contributed by atoms with Gasteiger partial charge in [0.1, 0.15) is 22.2 Å². The van der Waals surface area contributed by atoms with E-state index in [1.54, 1.807) is 32.4 Å². The summed E-state index contributed by atoms with van der Waals surface area (Å²) in [6.45, 7) is 10.1. The molecule has 0 aliphatic heterocycles. The van der Waals surface area contributed by atoms with Gasteiger partial charge in [-0.25, -0.2) is 9.97 Å². The van der Waals surface area contributed by atoms with Crippen LogP contribution in [0.5, 0.6) is 11.5 Å². The molecular formula is C21H25N3O3S. The maximum Gasteiger partial charge on any atom is 0.266 e. The van der Waals surface area contributed by atoms with Crippen LogP contribution in [-0.2, 0) is 5.41 Å². The van der Waals surface area contributed by atoms with Crippen molar-refractivity contribution in [1.82, 2.24) is 9.97 Å². The molecule has 0 saturated heterocycles. The Bertz CT molecular complexity index is 1050. The number of anilines is 1. The van der Waals surface area contributed by atoms with Crippen LogP contribution in [0.25, 0.3) is 10.2 Å². The van der Waals surface area contributed by atoms with Gasteiger partial charge in [0.05, 0.1) is 30.5 Å². The average molecular weight is 400 g/mol. The van der Waals surface area contributed by atoms with E-state index < -0.39 is 0 Å². The lowest BCUT2D eigenvalue weighted by Gasteiger charge is -2.16. The number of fused-ring (bicyclic) bond motifs is 1. The second-order valence-corrected chi connectivity index (χ2v) is 8.64. The molecule has 0 saturated carbocycles. The summed E-state index contributed by atoms with van der Waals surface area (Å²) in [7, 11) is 3.14. The first-order valence-electron chi connectivity index (χ1n) is 8.97. The van der Waals surface area contributed by atoms with E-state index in [-0.39, 0.29) is 11.3 Å². The third kappa shape index (κ3) is 3.67. The van der Waals surface area contributed by atoms with Crippen LogP contribution in [0.1, 0.15) is 47.5 Å². The maximum atomic E-state index is 13.0. The highest BCUT2D eigenvalue weighted by atomic mass is 32.1. The summed E-state index contributed by atoms with van der Waals surface area (Å²) in [4.78, 5) is 23.8. The smallest absolute Gasteiger partial charge is 0.266 e. The summed E-state index contributed by atoms with van der Waals surface area (Å²) < 4.78 is 10.6. The van der Waals surface area contributed by atoms with Crippen LogP contribution >= 0.6 is 11.3 Å².